The molecule has 4 nitrogen and oxygen atoms in total. The normalized spacial score (nSPS) is 13.9. The summed E-state index contributed by atoms with van der Waals surface area (Å²) in [6, 6.07) is 7.95. The highest BCUT2D eigenvalue weighted by atomic mass is 35.5. The summed E-state index contributed by atoms with van der Waals surface area (Å²) in [6.07, 6.45) is 5.19. The van der Waals surface area contributed by atoms with Crippen molar-refractivity contribution in [3.05, 3.63) is 69.4 Å². The molecule has 4 rings (SSSR count). The third-order valence-electron chi connectivity index (χ3n) is 4.22. The Hall–Kier alpha value is -1.63. The highest BCUT2D eigenvalue weighted by Gasteiger charge is 2.30. The number of thiazole rings is 1. The Bertz CT molecular complexity index is 897. The maximum absolute atomic E-state index is 5.94. The summed E-state index contributed by atoms with van der Waals surface area (Å²) in [4.78, 5) is 4.76. The summed E-state index contributed by atoms with van der Waals surface area (Å²) in [5.74, 6) is 2.49. The Balaban J connectivity index is 1.40. The minimum atomic E-state index is 0.585. The van der Waals surface area contributed by atoms with Gasteiger partial charge in [0, 0.05) is 35.0 Å². The lowest BCUT2D eigenvalue weighted by Gasteiger charge is -2.06. The van der Waals surface area contributed by atoms with Crippen molar-refractivity contribution in [3.8, 4) is 0 Å². The number of nitrogens with zero attached hydrogens (tertiary/aromatic N) is 4. The van der Waals surface area contributed by atoms with Gasteiger partial charge in [0.1, 0.15) is 5.82 Å². The Labute approximate surface area is 166 Å². The van der Waals surface area contributed by atoms with Crippen LogP contribution < -0.4 is 0 Å². The second-order valence-electron chi connectivity index (χ2n) is 6.34. The molecule has 0 N–H and O–H groups in total. The lowest BCUT2D eigenvalue weighted by atomic mass is 10.2. The molecule has 1 aliphatic carbocycles. The van der Waals surface area contributed by atoms with E-state index in [0.29, 0.717) is 5.92 Å². The van der Waals surface area contributed by atoms with E-state index < -0.39 is 0 Å². The standard InChI is InChI=1S/C19H19ClN4S2/c1-2-9-24-18(14-5-6-14)22-23-19(24)26-12-16-11-25-17(21-16)10-13-3-7-15(20)8-4-13/h2-4,7-8,11,14H,1,5-6,9-10,12H2. The Morgan fingerprint density at radius 2 is 2.08 bits per heavy atom. The molecule has 0 bridgehead atoms. The van der Waals surface area contributed by atoms with Crippen molar-refractivity contribution >= 4 is 34.7 Å². The molecule has 1 saturated carbocycles. The van der Waals surface area contributed by atoms with Crippen LogP contribution in [0.25, 0.3) is 0 Å². The first-order chi connectivity index (χ1) is 12.7. The van der Waals surface area contributed by atoms with Gasteiger partial charge in [-0.1, -0.05) is 41.6 Å². The van der Waals surface area contributed by atoms with Gasteiger partial charge in [-0.2, -0.15) is 0 Å². The van der Waals surface area contributed by atoms with Crippen LogP contribution in [0.5, 0.6) is 0 Å². The van der Waals surface area contributed by atoms with Gasteiger partial charge in [-0.05, 0) is 30.5 Å². The van der Waals surface area contributed by atoms with Gasteiger partial charge in [-0.15, -0.1) is 28.1 Å². The first-order valence-corrected chi connectivity index (χ1v) is 10.8. The van der Waals surface area contributed by atoms with Crippen LogP contribution >= 0.6 is 34.7 Å². The lowest BCUT2D eigenvalue weighted by molar-refractivity contribution is 0.681. The van der Waals surface area contributed by atoms with E-state index in [0.717, 1.165) is 45.4 Å². The van der Waals surface area contributed by atoms with E-state index in [1.54, 1.807) is 23.1 Å². The smallest absolute Gasteiger partial charge is 0.191 e. The zero-order valence-corrected chi connectivity index (χ0v) is 16.7. The third-order valence-corrected chi connectivity index (χ3v) is 6.37. The number of hydrogen-bond acceptors (Lipinski definition) is 5. The van der Waals surface area contributed by atoms with Gasteiger partial charge in [-0.3, -0.25) is 0 Å². The highest BCUT2D eigenvalue weighted by Crippen LogP contribution is 2.40. The Morgan fingerprint density at radius 1 is 1.27 bits per heavy atom. The van der Waals surface area contributed by atoms with E-state index in [1.165, 1.54) is 18.4 Å². The fourth-order valence-electron chi connectivity index (χ4n) is 2.76. The van der Waals surface area contributed by atoms with Crippen molar-refractivity contribution in [1.82, 2.24) is 19.7 Å². The minimum Gasteiger partial charge on any atom is -0.302 e. The molecule has 3 aromatic rings. The summed E-state index contributed by atoms with van der Waals surface area (Å²) >= 11 is 9.34. The molecule has 0 atom stereocenters. The predicted molar refractivity (Wildman–Crippen MR) is 108 cm³/mol. The van der Waals surface area contributed by atoms with E-state index >= 15 is 0 Å². The molecular formula is C19H19ClN4S2. The first kappa shape index (κ1) is 17.8. The van der Waals surface area contributed by atoms with Crippen LogP contribution in [0.4, 0.5) is 0 Å². The molecule has 1 fully saturated rings. The topological polar surface area (TPSA) is 43.6 Å². The van der Waals surface area contributed by atoms with Crippen LogP contribution in [0.2, 0.25) is 5.02 Å². The molecule has 1 aliphatic rings. The SMILES string of the molecule is C=CCn1c(SCc2csc(Cc3ccc(Cl)cc3)n2)nnc1C1CC1. The molecule has 2 aromatic heterocycles. The van der Waals surface area contributed by atoms with Crippen LogP contribution in [0.15, 0.2) is 47.5 Å². The molecule has 1 aromatic carbocycles. The summed E-state index contributed by atoms with van der Waals surface area (Å²) in [7, 11) is 0. The average molecular weight is 403 g/mol. The van der Waals surface area contributed by atoms with Gasteiger partial charge >= 0.3 is 0 Å². The molecule has 0 radical (unpaired) electrons. The maximum Gasteiger partial charge on any atom is 0.191 e. The largest absolute Gasteiger partial charge is 0.302 e. The molecule has 2 heterocycles. The summed E-state index contributed by atoms with van der Waals surface area (Å²) < 4.78 is 2.19. The van der Waals surface area contributed by atoms with Crippen LogP contribution in [0, 0.1) is 0 Å². The second kappa shape index (κ2) is 7.94. The van der Waals surface area contributed by atoms with Crippen LogP contribution in [0.1, 0.15) is 40.8 Å². The first-order valence-electron chi connectivity index (χ1n) is 8.57. The quantitative estimate of drug-likeness (QED) is 0.377. The Morgan fingerprint density at radius 3 is 2.81 bits per heavy atom. The molecule has 0 saturated heterocycles. The number of halogens is 1. The van der Waals surface area contributed by atoms with Crippen molar-refractivity contribution in [2.75, 3.05) is 0 Å². The zero-order valence-electron chi connectivity index (χ0n) is 14.3. The number of hydrogen-bond donors (Lipinski definition) is 0. The van der Waals surface area contributed by atoms with Crippen LogP contribution in [0.3, 0.4) is 0 Å². The number of thioether (sulfide) groups is 1. The minimum absolute atomic E-state index is 0.585. The van der Waals surface area contributed by atoms with Crippen LogP contribution in [-0.4, -0.2) is 19.7 Å². The molecule has 0 aliphatic heterocycles. The molecule has 0 spiro atoms. The fraction of sp³-hybridized carbons (Fsp3) is 0.316. The number of allylic oxidation sites excluding steroid dienone is 1. The van der Waals surface area contributed by atoms with Gasteiger partial charge in [0.2, 0.25) is 0 Å². The van der Waals surface area contributed by atoms with E-state index in [1.807, 2.05) is 18.2 Å². The lowest BCUT2D eigenvalue weighted by Crippen LogP contribution is -2.02. The highest BCUT2D eigenvalue weighted by molar-refractivity contribution is 7.98. The number of aromatic nitrogens is 4. The van der Waals surface area contributed by atoms with Gasteiger partial charge < -0.3 is 4.57 Å². The van der Waals surface area contributed by atoms with E-state index in [4.69, 9.17) is 16.6 Å². The van der Waals surface area contributed by atoms with Crippen molar-refractivity contribution in [2.24, 2.45) is 0 Å². The molecule has 7 heteroatoms. The fourth-order valence-corrected chi connectivity index (χ4v) is 4.67. The van der Waals surface area contributed by atoms with Gasteiger partial charge in [-0.25, -0.2) is 4.98 Å². The Kier molecular flexibility index (Phi) is 5.43. The molecule has 0 unspecified atom stereocenters. The van der Waals surface area contributed by atoms with E-state index in [2.05, 4.69) is 38.9 Å². The maximum atomic E-state index is 5.94. The van der Waals surface area contributed by atoms with E-state index in [9.17, 15) is 0 Å². The third kappa shape index (κ3) is 4.19. The summed E-state index contributed by atoms with van der Waals surface area (Å²) in [6.45, 7) is 4.62. The predicted octanol–water partition coefficient (Wildman–Crippen LogP) is 5.33. The molecular weight excluding hydrogens is 384 g/mol. The average Bonchev–Trinajstić information content (AvgIpc) is 3.26. The second-order valence-corrected chi connectivity index (χ2v) is 8.66. The van der Waals surface area contributed by atoms with E-state index in [-0.39, 0.29) is 0 Å². The molecule has 26 heavy (non-hydrogen) atoms. The van der Waals surface area contributed by atoms with Crippen molar-refractivity contribution in [3.63, 3.8) is 0 Å². The van der Waals surface area contributed by atoms with Crippen molar-refractivity contribution in [1.29, 1.82) is 0 Å². The monoisotopic (exact) mass is 402 g/mol. The zero-order chi connectivity index (χ0) is 17.9. The van der Waals surface area contributed by atoms with Gasteiger partial charge in [0.05, 0.1) is 10.7 Å². The van der Waals surface area contributed by atoms with Crippen LogP contribution in [-0.2, 0) is 18.7 Å². The molecule has 134 valence electrons. The summed E-state index contributed by atoms with van der Waals surface area (Å²) in [5, 5.41) is 13.8. The summed E-state index contributed by atoms with van der Waals surface area (Å²) in [5.41, 5.74) is 2.31. The van der Waals surface area contributed by atoms with Gasteiger partial charge in [0.25, 0.3) is 0 Å². The van der Waals surface area contributed by atoms with Crippen molar-refractivity contribution in [2.45, 2.75) is 42.6 Å². The number of benzene rings is 1. The molecule has 0 amide bonds. The van der Waals surface area contributed by atoms with Crippen molar-refractivity contribution < 1.29 is 0 Å². The number of rotatable bonds is 8. The van der Waals surface area contributed by atoms with Gasteiger partial charge in [0.15, 0.2) is 5.16 Å².